The van der Waals surface area contributed by atoms with E-state index in [1.165, 1.54) is 5.56 Å². The van der Waals surface area contributed by atoms with Gasteiger partial charge in [0.2, 0.25) is 0 Å². The summed E-state index contributed by atoms with van der Waals surface area (Å²) < 4.78 is 5.09. The molecular weight excluding hydrogens is 196 g/mol. The predicted molar refractivity (Wildman–Crippen MR) is 61.2 cm³/mol. The second kappa shape index (κ2) is 5.92. The number of aryl methyl sites for hydroxylation is 1. The lowest BCUT2D eigenvalue weighted by Crippen LogP contribution is -1.98. The van der Waals surface area contributed by atoms with Crippen LogP contribution >= 0.6 is 11.6 Å². The zero-order valence-corrected chi connectivity index (χ0v) is 9.55. The Balaban J connectivity index is 2.43. The van der Waals surface area contributed by atoms with Crippen LogP contribution in [0.4, 0.5) is 0 Å². The minimum absolute atomic E-state index is 0.303. The number of hydrogen-bond donors (Lipinski definition) is 0. The molecule has 0 bridgehead atoms. The van der Waals surface area contributed by atoms with E-state index in [0.717, 1.165) is 25.0 Å². The van der Waals surface area contributed by atoms with Crippen molar-refractivity contribution in [3.8, 4) is 5.75 Å². The van der Waals surface area contributed by atoms with Gasteiger partial charge in [0, 0.05) is 5.38 Å². The summed E-state index contributed by atoms with van der Waals surface area (Å²) in [5.41, 5.74) is 1.32. The molecule has 0 aliphatic carbocycles. The monoisotopic (exact) mass is 212 g/mol. The Labute approximate surface area is 91.0 Å². The lowest BCUT2D eigenvalue weighted by Gasteiger charge is -2.06. The van der Waals surface area contributed by atoms with Crippen LogP contribution in [0.25, 0.3) is 0 Å². The topological polar surface area (TPSA) is 9.23 Å². The maximum atomic E-state index is 6.05. The van der Waals surface area contributed by atoms with Gasteiger partial charge in [-0.2, -0.15) is 0 Å². The Kier molecular flexibility index (Phi) is 4.81. The Hall–Kier alpha value is -0.690. The highest BCUT2D eigenvalue weighted by Gasteiger charge is 2.01. The molecule has 0 saturated carbocycles. The van der Waals surface area contributed by atoms with Crippen LogP contribution < -0.4 is 4.74 Å². The first-order valence-electron chi connectivity index (χ1n) is 5.03. The summed E-state index contributed by atoms with van der Waals surface area (Å²) in [7, 11) is 1.68. The number of benzene rings is 1. The van der Waals surface area contributed by atoms with Crippen molar-refractivity contribution in [1.29, 1.82) is 0 Å². The van der Waals surface area contributed by atoms with Gasteiger partial charge < -0.3 is 4.74 Å². The highest BCUT2D eigenvalue weighted by Crippen LogP contribution is 2.15. The van der Waals surface area contributed by atoms with Crippen LogP contribution in [0.1, 0.15) is 25.3 Å². The van der Waals surface area contributed by atoms with Gasteiger partial charge in [0.1, 0.15) is 5.75 Å². The molecule has 2 heteroatoms. The number of alkyl halides is 1. The Morgan fingerprint density at radius 1 is 1.29 bits per heavy atom. The summed E-state index contributed by atoms with van der Waals surface area (Å²) in [6.07, 6.45) is 3.13. The molecule has 1 atom stereocenters. The van der Waals surface area contributed by atoms with Crippen LogP contribution in [0.2, 0.25) is 0 Å². The molecule has 1 aromatic carbocycles. The van der Waals surface area contributed by atoms with Crippen LogP contribution in [-0.2, 0) is 6.42 Å². The van der Waals surface area contributed by atoms with E-state index in [-0.39, 0.29) is 0 Å². The van der Waals surface area contributed by atoms with Crippen molar-refractivity contribution in [3.05, 3.63) is 29.8 Å². The van der Waals surface area contributed by atoms with E-state index < -0.39 is 0 Å². The minimum Gasteiger partial charge on any atom is -0.497 e. The van der Waals surface area contributed by atoms with Gasteiger partial charge in [-0.1, -0.05) is 19.1 Å². The third-order valence-electron chi connectivity index (χ3n) is 2.35. The highest BCUT2D eigenvalue weighted by molar-refractivity contribution is 6.20. The average molecular weight is 213 g/mol. The molecule has 0 radical (unpaired) electrons. The number of methoxy groups -OCH3 is 1. The molecule has 14 heavy (non-hydrogen) atoms. The predicted octanol–water partition coefficient (Wildman–Crippen LogP) is 3.65. The van der Waals surface area contributed by atoms with E-state index >= 15 is 0 Å². The van der Waals surface area contributed by atoms with Gasteiger partial charge in [0.05, 0.1) is 7.11 Å². The maximum absolute atomic E-state index is 6.05. The molecule has 0 N–H and O–H groups in total. The number of ether oxygens (including phenoxy) is 1. The quantitative estimate of drug-likeness (QED) is 0.678. The third-order valence-corrected chi connectivity index (χ3v) is 2.88. The van der Waals surface area contributed by atoms with Gasteiger partial charge in [0.25, 0.3) is 0 Å². The van der Waals surface area contributed by atoms with E-state index in [9.17, 15) is 0 Å². The summed E-state index contributed by atoms with van der Waals surface area (Å²) in [5, 5.41) is 0.303. The highest BCUT2D eigenvalue weighted by atomic mass is 35.5. The summed E-state index contributed by atoms with van der Waals surface area (Å²) in [6, 6.07) is 8.17. The Morgan fingerprint density at radius 2 is 1.93 bits per heavy atom. The summed E-state index contributed by atoms with van der Waals surface area (Å²) >= 11 is 6.05. The first kappa shape index (κ1) is 11.4. The van der Waals surface area contributed by atoms with Crippen molar-refractivity contribution >= 4 is 11.6 Å². The zero-order valence-electron chi connectivity index (χ0n) is 8.79. The normalized spacial score (nSPS) is 12.5. The largest absolute Gasteiger partial charge is 0.497 e. The molecule has 1 unspecified atom stereocenters. The molecule has 0 aromatic heterocycles. The van der Waals surface area contributed by atoms with Crippen molar-refractivity contribution in [1.82, 2.24) is 0 Å². The summed E-state index contributed by atoms with van der Waals surface area (Å²) in [5.74, 6) is 0.909. The molecule has 0 fully saturated rings. The molecule has 1 rings (SSSR count). The van der Waals surface area contributed by atoms with Crippen LogP contribution in [0.15, 0.2) is 24.3 Å². The first-order valence-corrected chi connectivity index (χ1v) is 5.47. The van der Waals surface area contributed by atoms with Gasteiger partial charge in [-0.05, 0) is 37.0 Å². The molecule has 0 spiro atoms. The van der Waals surface area contributed by atoms with E-state index in [2.05, 4.69) is 19.1 Å². The van der Waals surface area contributed by atoms with E-state index in [1.54, 1.807) is 7.11 Å². The molecule has 0 heterocycles. The SMILES string of the molecule is CCC(Cl)CCc1ccc(OC)cc1. The lowest BCUT2D eigenvalue weighted by molar-refractivity contribution is 0.414. The molecule has 0 aliphatic rings. The van der Waals surface area contributed by atoms with Gasteiger partial charge in [0.15, 0.2) is 0 Å². The molecule has 1 nitrogen and oxygen atoms in total. The second-order valence-electron chi connectivity index (χ2n) is 3.39. The molecule has 0 aliphatic heterocycles. The Bertz CT molecular complexity index is 256. The summed E-state index contributed by atoms with van der Waals surface area (Å²) in [4.78, 5) is 0. The summed E-state index contributed by atoms with van der Waals surface area (Å²) in [6.45, 7) is 2.12. The fraction of sp³-hybridized carbons (Fsp3) is 0.500. The molecular formula is C12H17ClO. The molecule has 78 valence electrons. The Morgan fingerprint density at radius 3 is 2.43 bits per heavy atom. The fourth-order valence-electron chi connectivity index (χ4n) is 1.32. The fourth-order valence-corrected chi connectivity index (χ4v) is 1.43. The number of hydrogen-bond acceptors (Lipinski definition) is 1. The molecule has 1 aromatic rings. The van der Waals surface area contributed by atoms with Crippen molar-refractivity contribution in [2.24, 2.45) is 0 Å². The van der Waals surface area contributed by atoms with Crippen molar-refractivity contribution in [2.75, 3.05) is 7.11 Å². The van der Waals surface area contributed by atoms with Crippen LogP contribution in [0.5, 0.6) is 5.75 Å². The van der Waals surface area contributed by atoms with E-state index in [4.69, 9.17) is 16.3 Å². The number of rotatable bonds is 5. The lowest BCUT2D eigenvalue weighted by atomic mass is 10.1. The smallest absolute Gasteiger partial charge is 0.118 e. The van der Waals surface area contributed by atoms with Gasteiger partial charge >= 0.3 is 0 Å². The standard InChI is InChI=1S/C12H17ClO/c1-3-11(13)7-4-10-5-8-12(14-2)9-6-10/h5-6,8-9,11H,3-4,7H2,1-2H3. The van der Waals surface area contributed by atoms with Gasteiger partial charge in [-0.15, -0.1) is 11.6 Å². The van der Waals surface area contributed by atoms with Crippen LogP contribution in [-0.4, -0.2) is 12.5 Å². The third kappa shape index (κ3) is 3.59. The first-order chi connectivity index (χ1) is 6.76. The second-order valence-corrected chi connectivity index (χ2v) is 4.01. The van der Waals surface area contributed by atoms with Gasteiger partial charge in [-0.25, -0.2) is 0 Å². The van der Waals surface area contributed by atoms with Crippen molar-refractivity contribution < 1.29 is 4.74 Å². The zero-order chi connectivity index (χ0) is 10.4. The molecule has 0 amide bonds. The maximum Gasteiger partial charge on any atom is 0.118 e. The van der Waals surface area contributed by atoms with Crippen LogP contribution in [0, 0.1) is 0 Å². The van der Waals surface area contributed by atoms with Crippen LogP contribution in [0.3, 0.4) is 0 Å². The molecule has 0 saturated heterocycles. The van der Waals surface area contributed by atoms with Gasteiger partial charge in [-0.3, -0.25) is 0 Å². The average Bonchev–Trinajstić information content (AvgIpc) is 2.26. The van der Waals surface area contributed by atoms with Crippen molar-refractivity contribution in [3.63, 3.8) is 0 Å². The van der Waals surface area contributed by atoms with Crippen molar-refractivity contribution in [2.45, 2.75) is 31.6 Å². The minimum atomic E-state index is 0.303. The van der Waals surface area contributed by atoms with E-state index in [1.807, 2.05) is 12.1 Å². The van der Waals surface area contributed by atoms with E-state index in [0.29, 0.717) is 5.38 Å². The number of halogens is 1.